The molecule has 0 radical (unpaired) electrons. The molecule has 1 saturated heterocycles. The van der Waals surface area contributed by atoms with E-state index in [9.17, 15) is 0 Å². The second kappa shape index (κ2) is 5.39. The van der Waals surface area contributed by atoms with Crippen LogP contribution >= 0.6 is 0 Å². The number of nitrogens with zero attached hydrogens (tertiary/aromatic N) is 4. The highest BCUT2D eigenvalue weighted by Crippen LogP contribution is 2.25. The highest BCUT2D eigenvalue weighted by molar-refractivity contribution is 5.04. The Bertz CT molecular complexity index is 392. The SMILES string of the molecule is CC1CCCn2c(CCN3CCCCC3)nnc21. The molecule has 18 heavy (non-hydrogen) atoms. The second-order valence-electron chi connectivity index (χ2n) is 5.82. The van der Waals surface area contributed by atoms with Gasteiger partial charge in [0.1, 0.15) is 11.6 Å². The van der Waals surface area contributed by atoms with Gasteiger partial charge in [-0.1, -0.05) is 13.3 Å². The Hall–Kier alpha value is -0.900. The maximum absolute atomic E-state index is 4.42. The predicted molar refractivity (Wildman–Crippen MR) is 71.7 cm³/mol. The summed E-state index contributed by atoms with van der Waals surface area (Å²) >= 11 is 0. The van der Waals surface area contributed by atoms with Crippen LogP contribution in [0.15, 0.2) is 0 Å². The fourth-order valence-corrected chi connectivity index (χ4v) is 3.27. The van der Waals surface area contributed by atoms with E-state index in [1.54, 1.807) is 0 Å². The van der Waals surface area contributed by atoms with Crippen LogP contribution in [0.5, 0.6) is 0 Å². The lowest BCUT2D eigenvalue weighted by molar-refractivity contribution is 0.229. The summed E-state index contributed by atoms with van der Waals surface area (Å²) in [5.41, 5.74) is 0. The molecule has 1 unspecified atom stereocenters. The molecule has 1 aromatic heterocycles. The summed E-state index contributed by atoms with van der Waals surface area (Å²) < 4.78 is 2.37. The monoisotopic (exact) mass is 248 g/mol. The van der Waals surface area contributed by atoms with Crippen molar-refractivity contribution < 1.29 is 0 Å². The molecule has 2 aliphatic heterocycles. The lowest BCUT2D eigenvalue weighted by Crippen LogP contribution is -2.32. The van der Waals surface area contributed by atoms with Crippen molar-refractivity contribution in [3.63, 3.8) is 0 Å². The van der Waals surface area contributed by atoms with Crippen LogP contribution < -0.4 is 0 Å². The minimum absolute atomic E-state index is 0.593. The number of hydrogen-bond acceptors (Lipinski definition) is 3. The molecule has 3 heterocycles. The smallest absolute Gasteiger partial charge is 0.135 e. The van der Waals surface area contributed by atoms with E-state index < -0.39 is 0 Å². The third kappa shape index (κ3) is 2.44. The van der Waals surface area contributed by atoms with Crippen molar-refractivity contribution in [1.29, 1.82) is 0 Å². The van der Waals surface area contributed by atoms with E-state index in [2.05, 4.69) is 26.6 Å². The average Bonchev–Trinajstić information content (AvgIpc) is 2.82. The van der Waals surface area contributed by atoms with Crippen LogP contribution in [0.4, 0.5) is 0 Å². The van der Waals surface area contributed by atoms with Gasteiger partial charge in [0.2, 0.25) is 0 Å². The van der Waals surface area contributed by atoms with Crippen LogP contribution in [-0.2, 0) is 13.0 Å². The molecule has 0 spiro atoms. The van der Waals surface area contributed by atoms with Crippen LogP contribution in [0, 0.1) is 0 Å². The standard InChI is InChI=1S/C14H24N4/c1-12-6-5-10-18-13(15-16-14(12)18)7-11-17-8-3-2-4-9-17/h12H,2-11H2,1H3. The van der Waals surface area contributed by atoms with Gasteiger partial charge in [-0.2, -0.15) is 0 Å². The van der Waals surface area contributed by atoms with Gasteiger partial charge >= 0.3 is 0 Å². The Balaban J connectivity index is 1.62. The quantitative estimate of drug-likeness (QED) is 0.822. The maximum Gasteiger partial charge on any atom is 0.135 e. The fraction of sp³-hybridized carbons (Fsp3) is 0.857. The normalized spacial score (nSPS) is 25.1. The summed E-state index contributed by atoms with van der Waals surface area (Å²) in [6.07, 6.45) is 7.77. The van der Waals surface area contributed by atoms with E-state index in [0.717, 1.165) is 19.5 Å². The molecule has 4 heteroatoms. The fourth-order valence-electron chi connectivity index (χ4n) is 3.27. The lowest BCUT2D eigenvalue weighted by atomic mass is 10.0. The van der Waals surface area contributed by atoms with Crippen molar-refractivity contribution in [3.8, 4) is 0 Å². The number of rotatable bonds is 3. The minimum Gasteiger partial charge on any atom is -0.315 e. The predicted octanol–water partition coefficient (Wildman–Crippen LogP) is 2.20. The van der Waals surface area contributed by atoms with E-state index in [1.165, 1.54) is 56.8 Å². The van der Waals surface area contributed by atoms with Crippen LogP contribution in [0.1, 0.15) is 56.6 Å². The molecule has 0 N–H and O–H groups in total. The van der Waals surface area contributed by atoms with Gasteiger partial charge < -0.3 is 9.47 Å². The first-order valence-corrected chi connectivity index (χ1v) is 7.49. The van der Waals surface area contributed by atoms with Gasteiger partial charge in [0, 0.05) is 25.4 Å². The molecule has 100 valence electrons. The van der Waals surface area contributed by atoms with Crippen molar-refractivity contribution in [2.75, 3.05) is 19.6 Å². The van der Waals surface area contributed by atoms with Crippen molar-refractivity contribution >= 4 is 0 Å². The number of hydrogen-bond donors (Lipinski definition) is 0. The number of likely N-dealkylation sites (tertiary alicyclic amines) is 1. The summed E-state index contributed by atoms with van der Waals surface area (Å²) in [5.74, 6) is 3.02. The number of fused-ring (bicyclic) bond motifs is 1. The molecule has 0 bridgehead atoms. The summed E-state index contributed by atoms with van der Waals surface area (Å²) in [6, 6.07) is 0. The highest BCUT2D eigenvalue weighted by atomic mass is 15.3. The lowest BCUT2D eigenvalue weighted by Gasteiger charge is -2.26. The van der Waals surface area contributed by atoms with E-state index in [0.29, 0.717) is 5.92 Å². The molecule has 0 aromatic carbocycles. The largest absolute Gasteiger partial charge is 0.315 e. The van der Waals surface area contributed by atoms with Gasteiger partial charge in [-0.05, 0) is 38.8 Å². The van der Waals surface area contributed by atoms with Gasteiger partial charge in [0.25, 0.3) is 0 Å². The number of piperidine rings is 1. The Kier molecular flexibility index (Phi) is 3.64. The number of aromatic nitrogens is 3. The Labute approximate surface area is 109 Å². The van der Waals surface area contributed by atoms with Crippen molar-refractivity contribution in [2.45, 2.75) is 57.9 Å². The summed E-state index contributed by atoms with van der Waals surface area (Å²) in [7, 11) is 0. The van der Waals surface area contributed by atoms with Gasteiger partial charge in [-0.15, -0.1) is 10.2 Å². The van der Waals surface area contributed by atoms with Gasteiger partial charge in [-0.3, -0.25) is 0 Å². The molecule has 1 fully saturated rings. The molecular formula is C14H24N4. The average molecular weight is 248 g/mol. The molecule has 4 nitrogen and oxygen atoms in total. The molecule has 0 amide bonds. The Morgan fingerprint density at radius 3 is 2.72 bits per heavy atom. The minimum atomic E-state index is 0.593. The van der Waals surface area contributed by atoms with Gasteiger partial charge in [-0.25, -0.2) is 0 Å². The zero-order valence-corrected chi connectivity index (χ0v) is 11.4. The topological polar surface area (TPSA) is 34.0 Å². The molecule has 0 saturated carbocycles. The third-order valence-electron chi connectivity index (χ3n) is 4.42. The van der Waals surface area contributed by atoms with Crippen LogP contribution in [-0.4, -0.2) is 39.3 Å². The molecular weight excluding hydrogens is 224 g/mol. The van der Waals surface area contributed by atoms with E-state index in [1.807, 2.05) is 0 Å². The second-order valence-corrected chi connectivity index (χ2v) is 5.82. The van der Waals surface area contributed by atoms with Crippen LogP contribution in [0.3, 0.4) is 0 Å². The molecule has 1 aromatic rings. The molecule has 2 aliphatic rings. The zero-order chi connectivity index (χ0) is 12.4. The molecule has 3 rings (SSSR count). The first kappa shape index (κ1) is 12.2. The Morgan fingerprint density at radius 1 is 1.06 bits per heavy atom. The highest BCUT2D eigenvalue weighted by Gasteiger charge is 2.22. The first-order valence-electron chi connectivity index (χ1n) is 7.49. The van der Waals surface area contributed by atoms with Crippen LogP contribution in [0.25, 0.3) is 0 Å². The first-order chi connectivity index (χ1) is 8.84. The molecule has 0 aliphatic carbocycles. The summed E-state index contributed by atoms with van der Waals surface area (Å²) in [5, 5.41) is 8.81. The van der Waals surface area contributed by atoms with Crippen molar-refractivity contribution in [3.05, 3.63) is 11.6 Å². The van der Waals surface area contributed by atoms with Gasteiger partial charge in [0.05, 0.1) is 0 Å². The van der Waals surface area contributed by atoms with E-state index in [-0.39, 0.29) is 0 Å². The van der Waals surface area contributed by atoms with Crippen molar-refractivity contribution in [1.82, 2.24) is 19.7 Å². The molecule has 1 atom stereocenters. The van der Waals surface area contributed by atoms with E-state index >= 15 is 0 Å². The third-order valence-corrected chi connectivity index (χ3v) is 4.42. The van der Waals surface area contributed by atoms with Gasteiger partial charge in [0.15, 0.2) is 0 Å². The maximum atomic E-state index is 4.42. The zero-order valence-electron chi connectivity index (χ0n) is 11.4. The van der Waals surface area contributed by atoms with Crippen LogP contribution in [0.2, 0.25) is 0 Å². The van der Waals surface area contributed by atoms with E-state index in [4.69, 9.17) is 0 Å². The van der Waals surface area contributed by atoms with Crippen molar-refractivity contribution in [2.24, 2.45) is 0 Å². The summed E-state index contributed by atoms with van der Waals surface area (Å²) in [4.78, 5) is 2.58. The summed E-state index contributed by atoms with van der Waals surface area (Å²) in [6.45, 7) is 7.11. The Morgan fingerprint density at radius 2 is 1.89 bits per heavy atom.